The molecule has 26 heavy (non-hydrogen) atoms. The van der Waals surface area contributed by atoms with Crippen molar-refractivity contribution < 1.29 is 22.8 Å². The Kier molecular flexibility index (Phi) is 5.86. The highest BCUT2D eigenvalue weighted by molar-refractivity contribution is 7.12. The van der Waals surface area contributed by atoms with E-state index in [1.54, 1.807) is 17.0 Å². The largest absolute Gasteiger partial charge is 0.401 e. The van der Waals surface area contributed by atoms with Crippen molar-refractivity contribution in [3.8, 4) is 0 Å². The van der Waals surface area contributed by atoms with Gasteiger partial charge in [0, 0.05) is 19.6 Å². The minimum atomic E-state index is -4.19. The van der Waals surface area contributed by atoms with Crippen molar-refractivity contribution in [2.45, 2.75) is 31.5 Å². The third kappa shape index (κ3) is 4.76. The van der Waals surface area contributed by atoms with Crippen LogP contribution in [0.2, 0.25) is 0 Å². The third-order valence-electron chi connectivity index (χ3n) is 4.89. The number of alkyl halides is 3. The Balaban J connectivity index is 1.48. The molecule has 2 aliphatic heterocycles. The Morgan fingerprint density at radius 1 is 1.27 bits per heavy atom. The summed E-state index contributed by atoms with van der Waals surface area (Å²) in [7, 11) is 0. The second-order valence-electron chi connectivity index (χ2n) is 6.88. The number of hydrogen-bond donors (Lipinski definition) is 1. The van der Waals surface area contributed by atoms with Crippen molar-refractivity contribution in [3.63, 3.8) is 0 Å². The molecule has 2 amide bonds. The van der Waals surface area contributed by atoms with Crippen molar-refractivity contribution in [2.24, 2.45) is 5.92 Å². The van der Waals surface area contributed by atoms with Gasteiger partial charge in [0.25, 0.3) is 5.91 Å². The Hall–Kier alpha value is -1.61. The van der Waals surface area contributed by atoms with E-state index in [9.17, 15) is 22.8 Å². The fourth-order valence-electron chi connectivity index (χ4n) is 3.66. The van der Waals surface area contributed by atoms with E-state index >= 15 is 0 Å². The standard InChI is InChI=1S/C17H22F3N3O2S/c18-17(19,20)11-22-7-5-12(10-22)9-21-15(24)13-3-1-6-23(13)16(25)14-4-2-8-26-14/h2,4,8,12-13H,1,3,5-7,9-11H2,(H,21,24)/t12-,13-/m0/s1. The van der Waals surface area contributed by atoms with Gasteiger partial charge in [-0.05, 0) is 43.2 Å². The summed E-state index contributed by atoms with van der Waals surface area (Å²) < 4.78 is 37.3. The zero-order valence-corrected chi connectivity index (χ0v) is 15.1. The second-order valence-corrected chi connectivity index (χ2v) is 7.83. The van der Waals surface area contributed by atoms with Crippen LogP contribution in [0.5, 0.6) is 0 Å². The highest BCUT2D eigenvalue weighted by Gasteiger charge is 2.36. The molecule has 3 rings (SSSR count). The molecule has 9 heteroatoms. The average molecular weight is 389 g/mol. The number of thiophene rings is 1. The lowest BCUT2D eigenvalue weighted by Gasteiger charge is -2.24. The molecule has 1 aromatic heterocycles. The van der Waals surface area contributed by atoms with Gasteiger partial charge in [0.2, 0.25) is 5.91 Å². The number of likely N-dealkylation sites (tertiary alicyclic amines) is 2. The quantitative estimate of drug-likeness (QED) is 0.841. The molecule has 1 aromatic rings. The molecule has 2 saturated heterocycles. The molecule has 2 atom stereocenters. The molecule has 0 saturated carbocycles. The van der Waals surface area contributed by atoms with Crippen molar-refractivity contribution >= 4 is 23.2 Å². The highest BCUT2D eigenvalue weighted by atomic mass is 32.1. The lowest BCUT2D eigenvalue weighted by Crippen LogP contribution is -2.47. The first-order chi connectivity index (χ1) is 12.3. The normalized spacial score (nSPS) is 24.2. The fraction of sp³-hybridized carbons (Fsp3) is 0.647. The molecule has 144 valence electrons. The summed E-state index contributed by atoms with van der Waals surface area (Å²) in [6, 6.07) is 3.06. The van der Waals surface area contributed by atoms with Crippen LogP contribution >= 0.6 is 11.3 Å². The topological polar surface area (TPSA) is 52.7 Å². The number of nitrogens with one attached hydrogen (secondary N) is 1. The summed E-state index contributed by atoms with van der Waals surface area (Å²) in [5.74, 6) is -0.319. The Morgan fingerprint density at radius 2 is 2.08 bits per heavy atom. The van der Waals surface area contributed by atoms with Crippen LogP contribution in [0.25, 0.3) is 0 Å². The monoisotopic (exact) mass is 389 g/mol. The maximum Gasteiger partial charge on any atom is 0.401 e. The highest BCUT2D eigenvalue weighted by Crippen LogP contribution is 2.24. The van der Waals surface area contributed by atoms with E-state index in [4.69, 9.17) is 0 Å². The molecule has 0 aromatic carbocycles. The molecule has 0 spiro atoms. The minimum absolute atomic E-state index is 0.0177. The second kappa shape index (κ2) is 7.96. The Bertz CT molecular complexity index is 636. The minimum Gasteiger partial charge on any atom is -0.354 e. The van der Waals surface area contributed by atoms with Gasteiger partial charge in [-0.2, -0.15) is 13.2 Å². The van der Waals surface area contributed by atoms with E-state index in [-0.39, 0.29) is 17.7 Å². The van der Waals surface area contributed by atoms with Gasteiger partial charge in [-0.3, -0.25) is 14.5 Å². The molecule has 5 nitrogen and oxygen atoms in total. The van der Waals surface area contributed by atoms with Crippen molar-refractivity contribution in [3.05, 3.63) is 22.4 Å². The third-order valence-corrected chi connectivity index (χ3v) is 5.74. The molecule has 0 bridgehead atoms. The first kappa shape index (κ1) is 19.2. The van der Waals surface area contributed by atoms with Crippen molar-refractivity contribution in [1.29, 1.82) is 0 Å². The zero-order valence-electron chi connectivity index (χ0n) is 14.3. The summed E-state index contributed by atoms with van der Waals surface area (Å²) in [6.07, 6.45) is -2.16. The molecule has 2 fully saturated rings. The van der Waals surface area contributed by atoms with E-state index in [2.05, 4.69) is 5.32 Å². The SMILES string of the molecule is O=C(NC[C@@H]1CCN(CC(F)(F)F)C1)[C@@H]1CCCN1C(=O)c1cccs1. The van der Waals surface area contributed by atoms with E-state index in [1.165, 1.54) is 16.2 Å². The van der Waals surface area contributed by atoms with Crippen LogP contribution in [0.3, 0.4) is 0 Å². The van der Waals surface area contributed by atoms with Gasteiger partial charge in [-0.15, -0.1) is 11.3 Å². The van der Waals surface area contributed by atoms with Crippen LogP contribution in [0.1, 0.15) is 28.9 Å². The van der Waals surface area contributed by atoms with Gasteiger partial charge in [0.1, 0.15) is 6.04 Å². The van der Waals surface area contributed by atoms with E-state index in [1.807, 2.05) is 5.38 Å². The number of halogens is 3. The Labute approximate surface area is 154 Å². The predicted molar refractivity (Wildman–Crippen MR) is 92.0 cm³/mol. The van der Waals surface area contributed by atoms with Crippen LogP contribution < -0.4 is 5.32 Å². The number of nitrogens with zero attached hydrogens (tertiary/aromatic N) is 2. The average Bonchev–Trinajstić information content (AvgIpc) is 3.31. The lowest BCUT2D eigenvalue weighted by atomic mass is 10.1. The van der Waals surface area contributed by atoms with Crippen LogP contribution in [-0.4, -0.2) is 66.6 Å². The summed E-state index contributed by atoms with van der Waals surface area (Å²) in [5.41, 5.74) is 0. The maximum atomic E-state index is 12.5. The van der Waals surface area contributed by atoms with Gasteiger partial charge in [0.15, 0.2) is 0 Å². The van der Waals surface area contributed by atoms with Crippen molar-refractivity contribution in [2.75, 3.05) is 32.7 Å². The van der Waals surface area contributed by atoms with E-state index in [0.29, 0.717) is 43.9 Å². The smallest absolute Gasteiger partial charge is 0.354 e. The van der Waals surface area contributed by atoms with E-state index < -0.39 is 18.8 Å². The van der Waals surface area contributed by atoms with Gasteiger partial charge < -0.3 is 10.2 Å². The molecule has 2 aliphatic rings. The number of carbonyl (C=O) groups excluding carboxylic acids is 2. The molecular weight excluding hydrogens is 367 g/mol. The van der Waals surface area contributed by atoms with Crippen molar-refractivity contribution in [1.82, 2.24) is 15.1 Å². The van der Waals surface area contributed by atoms with Gasteiger partial charge in [-0.25, -0.2) is 0 Å². The van der Waals surface area contributed by atoms with Crippen LogP contribution in [0.15, 0.2) is 17.5 Å². The van der Waals surface area contributed by atoms with Gasteiger partial charge in [0.05, 0.1) is 11.4 Å². The number of hydrogen-bond acceptors (Lipinski definition) is 4. The zero-order chi connectivity index (χ0) is 18.7. The summed E-state index contributed by atoms with van der Waals surface area (Å²) in [4.78, 5) is 28.6. The molecule has 3 heterocycles. The predicted octanol–water partition coefficient (Wildman–Crippen LogP) is 2.35. The van der Waals surface area contributed by atoms with Crippen LogP contribution in [0, 0.1) is 5.92 Å². The molecule has 0 unspecified atom stereocenters. The molecule has 0 radical (unpaired) electrons. The lowest BCUT2D eigenvalue weighted by molar-refractivity contribution is -0.143. The summed E-state index contributed by atoms with van der Waals surface area (Å²) in [5, 5.41) is 4.67. The first-order valence-corrected chi connectivity index (χ1v) is 9.63. The summed E-state index contributed by atoms with van der Waals surface area (Å²) >= 11 is 1.35. The molecular formula is C17H22F3N3O2S. The molecule has 1 N–H and O–H groups in total. The first-order valence-electron chi connectivity index (χ1n) is 8.75. The summed E-state index contributed by atoms with van der Waals surface area (Å²) in [6.45, 7) is 0.736. The van der Waals surface area contributed by atoms with E-state index in [0.717, 1.165) is 6.42 Å². The van der Waals surface area contributed by atoms with Crippen LogP contribution in [0.4, 0.5) is 13.2 Å². The number of rotatable bonds is 5. The number of carbonyl (C=O) groups is 2. The van der Waals surface area contributed by atoms with Crippen LogP contribution in [-0.2, 0) is 4.79 Å². The Morgan fingerprint density at radius 3 is 2.77 bits per heavy atom. The van der Waals surface area contributed by atoms with Gasteiger partial charge in [-0.1, -0.05) is 6.07 Å². The maximum absolute atomic E-state index is 12.5. The molecule has 0 aliphatic carbocycles. The number of amides is 2. The fourth-order valence-corrected chi connectivity index (χ4v) is 4.34. The van der Waals surface area contributed by atoms with Gasteiger partial charge >= 0.3 is 6.18 Å².